The van der Waals surface area contributed by atoms with Crippen molar-refractivity contribution in [3.8, 4) is 0 Å². The number of rotatable bonds is 5. The summed E-state index contributed by atoms with van der Waals surface area (Å²) in [4.78, 5) is 0.416. The largest absolute Gasteiger partial charge is 0.313 e. The van der Waals surface area contributed by atoms with Gasteiger partial charge in [-0.05, 0) is 49.9 Å². The Bertz CT molecular complexity index is 571. The van der Waals surface area contributed by atoms with Crippen LogP contribution in [0, 0.1) is 5.92 Å². The average Bonchev–Trinajstić information content (AvgIpc) is 2.45. The van der Waals surface area contributed by atoms with E-state index in [2.05, 4.69) is 12.2 Å². The Morgan fingerprint density at radius 3 is 2.76 bits per heavy atom. The second-order valence-electron chi connectivity index (χ2n) is 6.02. The molecule has 0 spiro atoms. The van der Waals surface area contributed by atoms with Crippen molar-refractivity contribution in [3.05, 3.63) is 29.8 Å². The second kappa shape index (κ2) is 6.90. The topological polar surface area (TPSA) is 49.4 Å². The van der Waals surface area contributed by atoms with Crippen molar-refractivity contribution in [1.82, 2.24) is 9.62 Å². The molecule has 1 saturated heterocycles. The van der Waals surface area contributed by atoms with Crippen LogP contribution in [0.3, 0.4) is 0 Å². The fraction of sp³-hybridized carbons (Fsp3) is 0.625. The predicted octanol–water partition coefficient (Wildman–Crippen LogP) is 2.61. The van der Waals surface area contributed by atoms with Gasteiger partial charge in [0, 0.05) is 19.1 Å². The van der Waals surface area contributed by atoms with Gasteiger partial charge in [-0.2, -0.15) is 4.31 Å². The number of piperidine rings is 1. The van der Waals surface area contributed by atoms with Crippen molar-refractivity contribution < 1.29 is 8.42 Å². The summed E-state index contributed by atoms with van der Waals surface area (Å²) in [5.74, 6) is 0.603. The normalized spacial score (nSPS) is 24.1. The van der Waals surface area contributed by atoms with E-state index in [-0.39, 0.29) is 6.04 Å². The van der Waals surface area contributed by atoms with Crippen molar-refractivity contribution >= 4 is 10.0 Å². The third kappa shape index (κ3) is 3.84. The van der Waals surface area contributed by atoms with Crippen LogP contribution in [-0.4, -0.2) is 31.9 Å². The Labute approximate surface area is 128 Å². The quantitative estimate of drug-likeness (QED) is 0.909. The molecule has 1 heterocycles. The smallest absolute Gasteiger partial charge is 0.243 e. The Kier molecular flexibility index (Phi) is 5.41. The summed E-state index contributed by atoms with van der Waals surface area (Å²) in [5.41, 5.74) is 1.01. The summed E-state index contributed by atoms with van der Waals surface area (Å²) in [5, 5.41) is 3.23. The van der Waals surface area contributed by atoms with Crippen molar-refractivity contribution in [2.75, 3.05) is 13.1 Å². The van der Waals surface area contributed by atoms with Crippen LogP contribution in [0.1, 0.15) is 39.2 Å². The van der Waals surface area contributed by atoms with E-state index in [0.29, 0.717) is 23.9 Å². The minimum absolute atomic E-state index is 0.0798. The molecule has 0 radical (unpaired) electrons. The summed E-state index contributed by atoms with van der Waals surface area (Å²) >= 11 is 0. The molecule has 2 unspecified atom stereocenters. The average molecular weight is 310 g/mol. The number of hydrogen-bond donors (Lipinski definition) is 1. The molecule has 2 atom stereocenters. The van der Waals surface area contributed by atoms with Crippen molar-refractivity contribution in [1.29, 1.82) is 0 Å². The lowest BCUT2D eigenvalue weighted by atomic mass is 9.95. The Hall–Kier alpha value is -0.910. The van der Waals surface area contributed by atoms with Gasteiger partial charge in [0.05, 0.1) is 4.90 Å². The molecule has 118 valence electrons. The van der Waals surface area contributed by atoms with Crippen molar-refractivity contribution in [3.63, 3.8) is 0 Å². The molecule has 1 aromatic rings. The van der Waals surface area contributed by atoms with E-state index >= 15 is 0 Å². The molecular formula is C16H26N2O2S. The molecule has 0 saturated carbocycles. The van der Waals surface area contributed by atoms with Crippen LogP contribution < -0.4 is 5.32 Å². The van der Waals surface area contributed by atoms with Crippen LogP contribution in [0.25, 0.3) is 0 Å². The van der Waals surface area contributed by atoms with Gasteiger partial charge in [-0.1, -0.05) is 26.0 Å². The Morgan fingerprint density at radius 2 is 2.10 bits per heavy atom. The van der Waals surface area contributed by atoms with Gasteiger partial charge in [0.15, 0.2) is 0 Å². The van der Waals surface area contributed by atoms with E-state index < -0.39 is 10.0 Å². The number of sulfonamides is 1. The van der Waals surface area contributed by atoms with Crippen LogP contribution in [0.5, 0.6) is 0 Å². The highest BCUT2D eigenvalue weighted by molar-refractivity contribution is 7.89. The monoisotopic (exact) mass is 310 g/mol. The fourth-order valence-corrected chi connectivity index (χ4v) is 4.69. The van der Waals surface area contributed by atoms with E-state index in [1.165, 1.54) is 0 Å². The van der Waals surface area contributed by atoms with Gasteiger partial charge >= 0.3 is 0 Å². The van der Waals surface area contributed by atoms with Gasteiger partial charge in [-0.25, -0.2) is 8.42 Å². The first kappa shape index (κ1) is 16.5. The lowest BCUT2D eigenvalue weighted by Crippen LogP contribution is -2.44. The number of hydrogen-bond acceptors (Lipinski definition) is 3. The van der Waals surface area contributed by atoms with Gasteiger partial charge in [0.1, 0.15) is 0 Å². The maximum atomic E-state index is 12.8. The summed E-state index contributed by atoms with van der Waals surface area (Å²) in [6.45, 7) is 8.44. The van der Waals surface area contributed by atoms with Gasteiger partial charge in [-0.3, -0.25) is 0 Å². The molecule has 1 fully saturated rings. The standard InChI is InChI=1S/C16H26N2O2S/c1-4-17-12-15-6-5-7-16(11-15)21(19,20)18-9-8-13(2)10-14(18)3/h5-7,11,13-14,17H,4,8-10,12H2,1-3H3. The first-order valence-electron chi connectivity index (χ1n) is 7.76. The number of nitrogens with zero attached hydrogens (tertiary/aromatic N) is 1. The van der Waals surface area contributed by atoms with Crippen LogP contribution in [0.2, 0.25) is 0 Å². The zero-order valence-corrected chi connectivity index (χ0v) is 14.0. The lowest BCUT2D eigenvalue weighted by molar-refractivity contribution is 0.220. The molecule has 4 nitrogen and oxygen atoms in total. The summed E-state index contributed by atoms with van der Waals surface area (Å²) in [6, 6.07) is 7.37. The van der Waals surface area contributed by atoms with Crippen LogP contribution in [0.15, 0.2) is 29.2 Å². The SMILES string of the molecule is CCNCc1cccc(S(=O)(=O)N2CCC(C)CC2C)c1. The second-order valence-corrected chi connectivity index (χ2v) is 7.91. The molecule has 0 bridgehead atoms. The molecule has 5 heteroatoms. The van der Waals surface area contributed by atoms with Gasteiger partial charge in [-0.15, -0.1) is 0 Å². The van der Waals surface area contributed by atoms with Crippen molar-refractivity contribution in [2.24, 2.45) is 5.92 Å². The molecule has 0 aliphatic carbocycles. The number of nitrogens with one attached hydrogen (secondary N) is 1. The van der Waals surface area contributed by atoms with Crippen LogP contribution in [-0.2, 0) is 16.6 Å². The zero-order chi connectivity index (χ0) is 15.5. The molecule has 0 amide bonds. The Morgan fingerprint density at radius 1 is 1.33 bits per heavy atom. The maximum absolute atomic E-state index is 12.8. The van der Waals surface area contributed by atoms with Gasteiger partial charge in [0.2, 0.25) is 10.0 Å². The van der Waals surface area contributed by atoms with E-state index in [4.69, 9.17) is 0 Å². The highest BCUT2D eigenvalue weighted by Crippen LogP contribution is 2.28. The molecule has 1 aliphatic heterocycles. The minimum Gasteiger partial charge on any atom is -0.313 e. The van der Waals surface area contributed by atoms with E-state index in [1.54, 1.807) is 16.4 Å². The molecule has 2 rings (SSSR count). The van der Waals surface area contributed by atoms with Crippen LogP contribution >= 0.6 is 0 Å². The first-order chi connectivity index (χ1) is 9.95. The van der Waals surface area contributed by atoms with E-state index in [1.807, 2.05) is 26.0 Å². The highest BCUT2D eigenvalue weighted by Gasteiger charge is 2.33. The molecule has 1 aliphatic rings. The summed E-state index contributed by atoms with van der Waals surface area (Å²) in [6.07, 6.45) is 1.89. The predicted molar refractivity (Wildman–Crippen MR) is 85.6 cm³/mol. The molecule has 1 aromatic carbocycles. The summed E-state index contributed by atoms with van der Waals surface area (Å²) in [7, 11) is -3.38. The summed E-state index contributed by atoms with van der Waals surface area (Å²) < 4.78 is 27.3. The molecule has 21 heavy (non-hydrogen) atoms. The molecule has 1 N–H and O–H groups in total. The lowest BCUT2D eigenvalue weighted by Gasteiger charge is -2.35. The van der Waals surface area contributed by atoms with E-state index in [9.17, 15) is 8.42 Å². The molecule has 0 aromatic heterocycles. The van der Waals surface area contributed by atoms with Crippen LogP contribution in [0.4, 0.5) is 0 Å². The first-order valence-corrected chi connectivity index (χ1v) is 9.20. The molecular weight excluding hydrogens is 284 g/mol. The Balaban J connectivity index is 2.23. The minimum atomic E-state index is -3.38. The van der Waals surface area contributed by atoms with Gasteiger partial charge in [0.25, 0.3) is 0 Å². The highest BCUT2D eigenvalue weighted by atomic mass is 32.2. The third-order valence-electron chi connectivity index (χ3n) is 4.16. The zero-order valence-electron chi connectivity index (χ0n) is 13.2. The number of benzene rings is 1. The fourth-order valence-electron chi connectivity index (χ4n) is 2.96. The third-order valence-corrected chi connectivity index (χ3v) is 6.17. The van der Waals surface area contributed by atoms with Crippen molar-refractivity contribution in [2.45, 2.75) is 51.1 Å². The maximum Gasteiger partial charge on any atom is 0.243 e. The van der Waals surface area contributed by atoms with E-state index in [0.717, 1.165) is 24.9 Å². The van der Waals surface area contributed by atoms with Gasteiger partial charge < -0.3 is 5.32 Å².